The summed E-state index contributed by atoms with van der Waals surface area (Å²) in [5, 5.41) is 8.28. The normalized spacial score (nSPS) is 10.4. The van der Waals surface area contributed by atoms with Crippen molar-refractivity contribution in [2.75, 3.05) is 5.32 Å². The Balaban J connectivity index is 2.02. The summed E-state index contributed by atoms with van der Waals surface area (Å²) in [4.78, 5) is 0. The van der Waals surface area contributed by atoms with Crippen molar-refractivity contribution in [3.05, 3.63) is 46.7 Å². The summed E-state index contributed by atoms with van der Waals surface area (Å²) in [7, 11) is 1.93. The molecule has 1 aromatic heterocycles. The molecule has 0 radical (unpaired) electrons. The third-order valence-corrected chi connectivity index (χ3v) is 2.88. The molecule has 1 N–H and O–H groups in total. The monoisotopic (exact) mass is 235 g/mol. The molecule has 0 aliphatic rings. The van der Waals surface area contributed by atoms with Crippen molar-refractivity contribution < 1.29 is 0 Å². The maximum atomic E-state index is 5.82. The number of anilines is 1. The standard InChI is InChI=1S/C12H14ClN3/c1-9-12(8-15-16(9)2)14-7-10-3-5-11(13)6-4-10/h3-6,8,14H,7H2,1-2H3. The molecule has 0 fully saturated rings. The van der Waals surface area contributed by atoms with Gasteiger partial charge in [-0.25, -0.2) is 0 Å². The van der Waals surface area contributed by atoms with Gasteiger partial charge in [-0.05, 0) is 24.6 Å². The first-order valence-electron chi connectivity index (χ1n) is 5.14. The minimum absolute atomic E-state index is 0.765. The van der Waals surface area contributed by atoms with E-state index in [0.717, 1.165) is 22.9 Å². The second-order valence-corrected chi connectivity index (χ2v) is 4.18. The van der Waals surface area contributed by atoms with E-state index in [-0.39, 0.29) is 0 Å². The molecule has 2 aromatic rings. The molecule has 0 amide bonds. The van der Waals surface area contributed by atoms with Crippen molar-refractivity contribution in [1.29, 1.82) is 0 Å². The van der Waals surface area contributed by atoms with E-state index in [2.05, 4.69) is 10.4 Å². The van der Waals surface area contributed by atoms with Gasteiger partial charge in [-0.15, -0.1) is 0 Å². The van der Waals surface area contributed by atoms with Gasteiger partial charge in [0, 0.05) is 18.6 Å². The van der Waals surface area contributed by atoms with Crippen LogP contribution in [-0.2, 0) is 13.6 Å². The molecule has 0 spiro atoms. The Hall–Kier alpha value is -1.48. The van der Waals surface area contributed by atoms with E-state index < -0.39 is 0 Å². The largest absolute Gasteiger partial charge is 0.378 e. The molecule has 3 nitrogen and oxygen atoms in total. The number of hydrogen-bond donors (Lipinski definition) is 1. The zero-order chi connectivity index (χ0) is 11.5. The molecular formula is C12H14ClN3. The van der Waals surface area contributed by atoms with Crippen molar-refractivity contribution in [2.24, 2.45) is 7.05 Å². The van der Waals surface area contributed by atoms with Gasteiger partial charge in [0.05, 0.1) is 17.6 Å². The van der Waals surface area contributed by atoms with E-state index in [1.807, 2.05) is 49.1 Å². The summed E-state index contributed by atoms with van der Waals surface area (Å²) in [6.07, 6.45) is 1.84. The van der Waals surface area contributed by atoms with Crippen molar-refractivity contribution in [3.8, 4) is 0 Å². The smallest absolute Gasteiger partial charge is 0.0758 e. The zero-order valence-corrected chi connectivity index (χ0v) is 10.1. The first-order valence-corrected chi connectivity index (χ1v) is 5.51. The minimum Gasteiger partial charge on any atom is -0.378 e. The summed E-state index contributed by atoms with van der Waals surface area (Å²) < 4.78 is 1.85. The molecule has 0 aliphatic heterocycles. The van der Waals surface area contributed by atoms with E-state index >= 15 is 0 Å². The Bertz CT molecular complexity index is 474. The van der Waals surface area contributed by atoms with Gasteiger partial charge in [0.2, 0.25) is 0 Å². The van der Waals surface area contributed by atoms with Gasteiger partial charge in [0.25, 0.3) is 0 Å². The average molecular weight is 236 g/mol. The second-order valence-electron chi connectivity index (χ2n) is 3.75. The second kappa shape index (κ2) is 4.58. The molecule has 16 heavy (non-hydrogen) atoms. The van der Waals surface area contributed by atoms with Crippen molar-refractivity contribution in [3.63, 3.8) is 0 Å². The third kappa shape index (κ3) is 2.36. The predicted molar refractivity (Wildman–Crippen MR) is 66.7 cm³/mol. The lowest BCUT2D eigenvalue weighted by molar-refractivity contribution is 0.740. The van der Waals surface area contributed by atoms with Gasteiger partial charge in [-0.3, -0.25) is 4.68 Å². The van der Waals surface area contributed by atoms with E-state index in [1.165, 1.54) is 5.56 Å². The summed E-state index contributed by atoms with van der Waals surface area (Å²) in [6.45, 7) is 2.82. The number of nitrogens with zero attached hydrogens (tertiary/aromatic N) is 2. The van der Waals surface area contributed by atoms with Crippen LogP contribution in [0.4, 0.5) is 5.69 Å². The molecule has 0 aliphatic carbocycles. The summed E-state index contributed by atoms with van der Waals surface area (Å²) in [5.74, 6) is 0. The Labute approximate surface area is 100 Å². The number of aromatic nitrogens is 2. The number of halogens is 1. The molecule has 0 saturated heterocycles. The van der Waals surface area contributed by atoms with Gasteiger partial charge in [-0.2, -0.15) is 5.10 Å². The number of nitrogens with one attached hydrogen (secondary N) is 1. The van der Waals surface area contributed by atoms with Crippen LogP contribution in [0.1, 0.15) is 11.3 Å². The molecule has 0 unspecified atom stereocenters. The zero-order valence-electron chi connectivity index (χ0n) is 9.37. The van der Waals surface area contributed by atoms with Gasteiger partial charge in [0.1, 0.15) is 0 Å². The molecule has 0 saturated carbocycles. The highest BCUT2D eigenvalue weighted by molar-refractivity contribution is 6.30. The van der Waals surface area contributed by atoms with Crippen LogP contribution in [0.25, 0.3) is 0 Å². The predicted octanol–water partition coefficient (Wildman–Crippen LogP) is 2.99. The maximum absolute atomic E-state index is 5.82. The SMILES string of the molecule is Cc1c(NCc2ccc(Cl)cc2)cnn1C. The highest BCUT2D eigenvalue weighted by Gasteiger charge is 2.02. The highest BCUT2D eigenvalue weighted by Crippen LogP contribution is 2.15. The van der Waals surface area contributed by atoms with E-state index in [0.29, 0.717) is 0 Å². The van der Waals surface area contributed by atoms with Crippen LogP contribution in [0.5, 0.6) is 0 Å². The van der Waals surface area contributed by atoms with E-state index in [1.54, 1.807) is 0 Å². The maximum Gasteiger partial charge on any atom is 0.0758 e. The van der Waals surface area contributed by atoms with Crippen LogP contribution in [-0.4, -0.2) is 9.78 Å². The van der Waals surface area contributed by atoms with Gasteiger partial charge < -0.3 is 5.32 Å². The quantitative estimate of drug-likeness (QED) is 0.887. The summed E-state index contributed by atoms with van der Waals surface area (Å²) >= 11 is 5.82. The molecule has 4 heteroatoms. The van der Waals surface area contributed by atoms with Crippen LogP contribution in [0.2, 0.25) is 5.02 Å². The third-order valence-electron chi connectivity index (χ3n) is 2.63. The van der Waals surface area contributed by atoms with Crippen LogP contribution >= 0.6 is 11.6 Å². The lowest BCUT2D eigenvalue weighted by atomic mass is 10.2. The van der Waals surface area contributed by atoms with Crippen LogP contribution < -0.4 is 5.32 Å². The lowest BCUT2D eigenvalue weighted by Gasteiger charge is -2.05. The topological polar surface area (TPSA) is 29.9 Å². The summed E-state index contributed by atoms with van der Waals surface area (Å²) in [6, 6.07) is 7.82. The van der Waals surface area contributed by atoms with E-state index in [4.69, 9.17) is 11.6 Å². The van der Waals surface area contributed by atoms with Gasteiger partial charge in [-0.1, -0.05) is 23.7 Å². The Morgan fingerprint density at radius 2 is 2.00 bits per heavy atom. The van der Waals surface area contributed by atoms with Crippen molar-refractivity contribution in [2.45, 2.75) is 13.5 Å². The van der Waals surface area contributed by atoms with Gasteiger partial charge >= 0.3 is 0 Å². The van der Waals surface area contributed by atoms with Crippen LogP contribution in [0.15, 0.2) is 30.5 Å². The van der Waals surface area contributed by atoms with Crippen LogP contribution in [0, 0.1) is 6.92 Å². The molecule has 0 atom stereocenters. The average Bonchev–Trinajstić information content (AvgIpc) is 2.60. The Morgan fingerprint density at radius 3 is 2.56 bits per heavy atom. The lowest BCUT2D eigenvalue weighted by Crippen LogP contribution is -2.00. The fourth-order valence-corrected chi connectivity index (χ4v) is 1.60. The van der Waals surface area contributed by atoms with Gasteiger partial charge in [0.15, 0.2) is 0 Å². The van der Waals surface area contributed by atoms with Crippen molar-refractivity contribution >= 4 is 17.3 Å². The number of aryl methyl sites for hydroxylation is 1. The Morgan fingerprint density at radius 1 is 1.31 bits per heavy atom. The summed E-state index contributed by atoms with van der Waals surface area (Å²) in [5.41, 5.74) is 3.40. The fourth-order valence-electron chi connectivity index (χ4n) is 1.47. The Kier molecular flexibility index (Phi) is 3.15. The number of benzene rings is 1. The minimum atomic E-state index is 0.765. The highest BCUT2D eigenvalue weighted by atomic mass is 35.5. The molecule has 2 rings (SSSR count). The van der Waals surface area contributed by atoms with E-state index in [9.17, 15) is 0 Å². The number of rotatable bonds is 3. The molecular weight excluding hydrogens is 222 g/mol. The first-order chi connectivity index (χ1) is 7.66. The van der Waals surface area contributed by atoms with Crippen LogP contribution in [0.3, 0.4) is 0 Å². The molecule has 84 valence electrons. The molecule has 0 bridgehead atoms. The first kappa shape index (κ1) is 11.0. The molecule has 1 aromatic carbocycles. The fraction of sp³-hybridized carbons (Fsp3) is 0.250. The van der Waals surface area contributed by atoms with Crippen molar-refractivity contribution in [1.82, 2.24) is 9.78 Å². The number of hydrogen-bond acceptors (Lipinski definition) is 2. The molecule has 1 heterocycles.